The Kier molecular flexibility index (Phi) is 4.01. The van der Waals surface area contributed by atoms with Gasteiger partial charge in [-0.1, -0.05) is 18.2 Å². The van der Waals surface area contributed by atoms with Gasteiger partial charge in [0.2, 0.25) is 5.91 Å². The number of carbonyl (C=O) groups excluding carboxylic acids is 1. The average Bonchev–Trinajstić information content (AvgIpc) is 3.20. The molecule has 1 heterocycles. The van der Waals surface area contributed by atoms with E-state index in [0.717, 1.165) is 24.1 Å². The lowest BCUT2D eigenvalue weighted by atomic mass is 10.2. The van der Waals surface area contributed by atoms with E-state index in [1.807, 2.05) is 54.3 Å². The lowest BCUT2D eigenvalue weighted by Gasteiger charge is -2.12. The summed E-state index contributed by atoms with van der Waals surface area (Å²) >= 11 is 0. The second-order valence-corrected chi connectivity index (χ2v) is 5.51. The normalized spacial score (nSPS) is 15.7. The van der Waals surface area contributed by atoms with E-state index in [2.05, 4.69) is 15.7 Å². The maximum absolute atomic E-state index is 11.8. The molecule has 1 aliphatic carbocycles. The van der Waals surface area contributed by atoms with Crippen LogP contribution in [0, 0.1) is 0 Å². The predicted molar refractivity (Wildman–Crippen MR) is 81.0 cm³/mol. The van der Waals surface area contributed by atoms with Gasteiger partial charge >= 0.3 is 0 Å². The monoisotopic (exact) mass is 284 g/mol. The van der Waals surface area contributed by atoms with E-state index in [1.165, 1.54) is 0 Å². The fourth-order valence-electron chi connectivity index (χ4n) is 2.09. The summed E-state index contributed by atoms with van der Waals surface area (Å²) in [7, 11) is 0. The number of rotatable bonds is 6. The Bertz CT molecular complexity index is 604. The quantitative estimate of drug-likeness (QED) is 0.847. The van der Waals surface area contributed by atoms with Crippen molar-refractivity contribution in [3.63, 3.8) is 0 Å². The van der Waals surface area contributed by atoms with Crippen LogP contribution in [0.25, 0.3) is 5.69 Å². The number of carbonyl (C=O) groups is 1. The van der Waals surface area contributed by atoms with Gasteiger partial charge in [0.25, 0.3) is 0 Å². The highest BCUT2D eigenvalue weighted by Gasteiger charge is 2.25. The molecule has 0 radical (unpaired) electrons. The number of aromatic nitrogens is 2. The number of para-hydroxylation sites is 1. The highest BCUT2D eigenvalue weighted by molar-refractivity contribution is 5.81. The third kappa shape index (κ3) is 3.70. The summed E-state index contributed by atoms with van der Waals surface area (Å²) in [5.74, 6) is 0.0768. The SMILES string of the molecule is CC(NCc1cnn(-c2ccccc2)c1)C(=O)NC1CC1. The van der Waals surface area contributed by atoms with Crippen molar-refractivity contribution in [2.75, 3.05) is 0 Å². The van der Waals surface area contributed by atoms with Crippen molar-refractivity contribution < 1.29 is 4.79 Å². The highest BCUT2D eigenvalue weighted by Crippen LogP contribution is 2.18. The van der Waals surface area contributed by atoms with E-state index in [1.54, 1.807) is 0 Å². The maximum atomic E-state index is 11.8. The van der Waals surface area contributed by atoms with Crippen LogP contribution in [0.3, 0.4) is 0 Å². The zero-order valence-corrected chi connectivity index (χ0v) is 12.1. The first-order valence-corrected chi connectivity index (χ1v) is 7.35. The third-order valence-electron chi connectivity index (χ3n) is 3.59. The summed E-state index contributed by atoms with van der Waals surface area (Å²) in [6, 6.07) is 10.2. The first-order chi connectivity index (χ1) is 10.2. The van der Waals surface area contributed by atoms with Gasteiger partial charge in [-0.3, -0.25) is 4.79 Å². The summed E-state index contributed by atoms with van der Waals surface area (Å²) in [6.07, 6.45) is 6.03. The molecule has 21 heavy (non-hydrogen) atoms. The lowest BCUT2D eigenvalue weighted by molar-refractivity contribution is -0.122. The van der Waals surface area contributed by atoms with Gasteiger partial charge in [-0.25, -0.2) is 4.68 Å². The minimum absolute atomic E-state index is 0.0768. The first kappa shape index (κ1) is 13.8. The van der Waals surface area contributed by atoms with Gasteiger partial charge in [0, 0.05) is 24.3 Å². The van der Waals surface area contributed by atoms with E-state index in [9.17, 15) is 4.79 Å². The molecule has 5 nitrogen and oxygen atoms in total. The highest BCUT2D eigenvalue weighted by atomic mass is 16.2. The largest absolute Gasteiger partial charge is 0.352 e. The molecule has 0 saturated heterocycles. The molecular formula is C16H20N4O. The number of nitrogens with one attached hydrogen (secondary N) is 2. The Morgan fingerprint density at radius 1 is 1.38 bits per heavy atom. The maximum Gasteiger partial charge on any atom is 0.237 e. The zero-order valence-electron chi connectivity index (χ0n) is 12.1. The molecule has 1 atom stereocenters. The summed E-state index contributed by atoms with van der Waals surface area (Å²) in [4.78, 5) is 11.8. The number of hydrogen-bond acceptors (Lipinski definition) is 3. The van der Waals surface area contributed by atoms with Crippen molar-refractivity contribution in [2.45, 2.75) is 38.4 Å². The average molecular weight is 284 g/mol. The van der Waals surface area contributed by atoms with Crippen molar-refractivity contribution in [3.8, 4) is 5.69 Å². The van der Waals surface area contributed by atoms with Crippen LogP contribution in [0.1, 0.15) is 25.3 Å². The van der Waals surface area contributed by atoms with E-state index in [0.29, 0.717) is 12.6 Å². The number of nitrogens with zero attached hydrogens (tertiary/aromatic N) is 2. The molecule has 5 heteroatoms. The standard InChI is InChI=1S/C16H20N4O/c1-12(16(21)19-14-7-8-14)17-9-13-10-18-20(11-13)15-5-3-2-4-6-15/h2-6,10-12,14,17H,7-9H2,1H3,(H,19,21). The summed E-state index contributed by atoms with van der Waals surface area (Å²) in [5.41, 5.74) is 2.09. The number of amides is 1. The van der Waals surface area contributed by atoms with Crippen molar-refractivity contribution in [1.82, 2.24) is 20.4 Å². The summed E-state index contributed by atoms with van der Waals surface area (Å²) in [6.45, 7) is 2.52. The molecule has 2 aromatic rings. The van der Waals surface area contributed by atoms with Crippen LogP contribution >= 0.6 is 0 Å². The van der Waals surface area contributed by atoms with Crippen LogP contribution in [0.4, 0.5) is 0 Å². The molecular weight excluding hydrogens is 264 g/mol. The minimum Gasteiger partial charge on any atom is -0.352 e. The third-order valence-corrected chi connectivity index (χ3v) is 3.59. The molecule has 1 aliphatic rings. The molecule has 1 unspecified atom stereocenters. The van der Waals surface area contributed by atoms with E-state index in [-0.39, 0.29) is 11.9 Å². The molecule has 1 aromatic carbocycles. The number of benzene rings is 1. The Labute approximate surface area is 124 Å². The van der Waals surface area contributed by atoms with Gasteiger partial charge in [0.05, 0.1) is 17.9 Å². The Hall–Kier alpha value is -2.14. The van der Waals surface area contributed by atoms with E-state index in [4.69, 9.17) is 0 Å². The van der Waals surface area contributed by atoms with Crippen molar-refractivity contribution >= 4 is 5.91 Å². The van der Waals surface area contributed by atoms with Crippen LogP contribution in [0.2, 0.25) is 0 Å². The van der Waals surface area contributed by atoms with Crippen molar-refractivity contribution in [2.24, 2.45) is 0 Å². The Balaban J connectivity index is 1.53. The summed E-state index contributed by atoms with van der Waals surface area (Å²) in [5, 5.41) is 10.6. The molecule has 1 fully saturated rings. The molecule has 2 N–H and O–H groups in total. The zero-order chi connectivity index (χ0) is 14.7. The van der Waals surface area contributed by atoms with Crippen molar-refractivity contribution in [3.05, 3.63) is 48.3 Å². The second kappa shape index (κ2) is 6.10. The molecule has 3 rings (SSSR count). The molecule has 1 amide bonds. The summed E-state index contributed by atoms with van der Waals surface area (Å²) < 4.78 is 1.84. The Morgan fingerprint density at radius 3 is 2.86 bits per heavy atom. The van der Waals surface area contributed by atoms with Gasteiger partial charge in [-0.15, -0.1) is 0 Å². The van der Waals surface area contributed by atoms with E-state index < -0.39 is 0 Å². The van der Waals surface area contributed by atoms with Gasteiger partial charge in [-0.2, -0.15) is 5.10 Å². The first-order valence-electron chi connectivity index (χ1n) is 7.35. The van der Waals surface area contributed by atoms with Gasteiger partial charge in [0.1, 0.15) is 0 Å². The van der Waals surface area contributed by atoms with Crippen LogP contribution in [-0.4, -0.2) is 27.8 Å². The second-order valence-electron chi connectivity index (χ2n) is 5.51. The van der Waals surface area contributed by atoms with Gasteiger partial charge in [-0.05, 0) is 31.9 Å². The molecule has 0 bridgehead atoms. The van der Waals surface area contributed by atoms with Crippen LogP contribution < -0.4 is 10.6 Å². The molecule has 110 valence electrons. The van der Waals surface area contributed by atoms with Crippen molar-refractivity contribution in [1.29, 1.82) is 0 Å². The smallest absolute Gasteiger partial charge is 0.237 e. The predicted octanol–water partition coefficient (Wildman–Crippen LogP) is 1.63. The number of hydrogen-bond donors (Lipinski definition) is 2. The fourth-order valence-corrected chi connectivity index (χ4v) is 2.09. The van der Waals surface area contributed by atoms with Crippen LogP contribution in [0.15, 0.2) is 42.7 Å². The molecule has 0 spiro atoms. The van der Waals surface area contributed by atoms with Crippen LogP contribution in [0.5, 0.6) is 0 Å². The topological polar surface area (TPSA) is 59.0 Å². The van der Waals surface area contributed by atoms with E-state index >= 15 is 0 Å². The molecule has 1 aromatic heterocycles. The Morgan fingerprint density at radius 2 is 2.14 bits per heavy atom. The van der Waals surface area contributed by atoms with Gasteiger partial charge in [0.15, 0.2) is 0 Å². The molecule has 0 aliphatic heterocycles. The minimum atomic E-state index is -0.189. The van der Waals surface area contributed by atoms with Crippen LogP contribution in [-0.2, 0) is 11.3 Å². The molecule has 1 saturated carbocycles. The fraction of sp³-hybridized carbons (Fsp3) is 0.375. The van der Waals surface area contributed by atoms with Gasteiger partial charge < -0.3 is 10.6 Å². The lowest BCUT2D eigenvalue weighted by Crippen LogP contribution is -2.42.